The molecule has 0 bridgehead atoms. The molecule has 1 saturated carbocycles. The summed E-state index contributed by atoms with van der Waals surface area (Å²) in [4.78, 5) is 44.6. The molecule has 1 aliphatic heterocycles. The van der Waals surface area contributed by atoms with Crippen LogP contribution in [0, 0.1) is 6.92 Å². The maximum atomic E-state index is 14.7. The first-order valence-corrected chi connectivity index (χ1v) is 15.1. The molecular formula is C35H42N4O3. The molecule has 2 fully saturated rings. The smallest absolute Gasteiger partial charge is 0.320 e. The van der Waals surface area contributed by atoms with Crippen LogP contribution in [0.4, 0.5) is 10.5 Å². The number of carbonyl (C=O) groups excluding carboxylic acids is 3. The number of carbonyl (C=O) groups is 3. The summed E-state index contributed by atoms with van der Waals surface area (Å²) in [6, 6.07) is 25.6. The summed E-state index contributed by atoms with van der Waals surface area (Å²) in [5.41, 5.74) is 9.32. The van der Waals surface area contributed by atoms with Gasteiger partial charge in [0.1, 0.15) is 12.6 Å². The highest BCUT2D eigenvalue weighted by Crippen LogP contribution is 2.41. The van der Waals surface area contributed by atoms with Crippen molar-refractivity contribution in [2.45, 2.75) is 82.3 Å². The van der Waals surface area contributed by atoms with Crippen LogP contribution in [0.2, 0.25) is 0 Å². The van der Waals surface area contributed by atoms with E-state index in [2.05, 4.69) is 24.4 Å². The first-order chi connectivity index (χ1) is 20.2. The first kappa shape index (κ1) is 29.4. The Morgan fingerprint density at radius 1 is 0.905 bits per heavy atom. The van der Waals surface area contributed by atoms with Crippen molar-refractivity contribution >= 4 is 23.5 Å². The molecule has 0 aromatic heterocycles. The van der Waals surface area contributed by atoms with Gasteiger partial charge in [0.15, 0.2) is 0 Å². The van der Waals surface area contributed by atoms with Gasteiger partial charge in [0.2, 0.25) is 11.8 Å². The van der Waals surface area contributed by atoms with Crippen molar-refractivity contribution < 1.29 is 14.4 Å². The van der Waals surface area contributed by atoms with Gasteiger partial charge >= 0.3 is 6.03 Å². The van der Waals surface area contributed by atoms with E-state index in [0.717, 1.165) is 42.4 Å². The van der Waals surface area contributed by atoms with Gasteiger partial charge in [0.05, 0.1) is 6.04 Å². The Hall–Kier alpha value is -4.13. The molecule has 220 valence electrons. The highest BCUT2D eigenvalue weighted by atomic mass is 16.2. The van der Waals surface area contributed by atoms with Gasteiger partial charge in [-0.05, 0) is 74.3 Å². The number of rotatable bonds is 7. The number of amides is 4. The Kier molecular flexibility index (Phi) is 8.95. The van der Waals surface area contributed by atoms with Crippen LogP contribution in [-0.4, -0.2) is 40.9 Å². The largest absolute Gasteiger partial charge is 0.351 e. The quantitative estimate of drug-likeness (QED) is 0.355. The maximum Gasteiger partial charge on any atom is 0.320 e. The van der Waals surface area contributed by atoms with Crippen molar-refractivity contribution in [1.82, 2.24) is 10.2 Å². The third-order valence-electron chi connectivity index (χ3n) is 8.96. The molecule has 1 heterocycles. The predicted molar refractivity (Wildman–Crippen MR) is 166 cm³/mol. The Labute approximate surface area is 249 Å². The molecule has 3 aromatic rings. The number of anilines is 1. The summed E-state index contributed by atoms with van der Waals surface area (Å²) in [6.07, 6.45) is 6.19. The SMILES string of the molecule is Cc1cccc(N(C(N)=O)C2CC(c3ccccc3)CC(c3ccccc3)N(CC(=O)NC3(C)CCCCC3)C2=O)c1. The fourth-order valence-corrected chi connectivity index (χ4v) is 6.83. The summed E-state index contributed by atoms with van der Waals surface area (Å²) in [5.74, 6) is -0.501. The molecule has 3 aromatic carbocycles. The second kappa shape index (κ2) is 12.8. The predicted octanol–water partition coefficient (Wildman–Crippen LogP) is 6.24. The molecule has 3 unspecified atom stereocenters. The van der Waals surface area contributed by atoms with Crippen LogP contribution >= 0.6 is 0 Å². The molecule has 1 aliphatic carbocycles. The van der Waals surface area contributed by atoms with E-state index in [1.54, 1.807) is 4.90 Å². The van der Waals surface area contributed by atoms with Crippen molar-refractivity contribution in [3.05, 3.63) is 102 Å². The van der Waals surface area contributed by atoms with Gasteiger partial charge in [0.25, 0.3) is 0 Å². The molecule has 3 atom stereocenters. The average Bonchev–Trinajstić information content (AvgIpc) is 3.11. The van der Waals surface area contributed by atoms with E-state index in [9.17, 15) is 14.4 Å². The van der Waals surface area contributed by atoms with Crippen molar-refractivity contribution in [2.75, 3.05) is 11.4 Å². The van der Waals surface area contributed by atoms with E-state index in [0.29, 0.717) is 18.5 Å². The van der Waals surface area contributed by atoms with E-state index >= 15 is 0 Å². The van der Waals surface area contributed by atoms with Crippen LogP contribution in [0.3, 0.4) is 0 Å². The maximum absolute atomic E-state index is 14.7. The molecule has 0 spiro atoms. The third-order valence-corrected chi connectivity index (χ3v) is 8.96. The van der Waals surface area contributed by atoms with Gasteiger partial charge in [-0.2, -0.15) is 0 Å². The molecule has 7 nitrogen and oxygen atoms in total. The van der Waals surface area contributed by atoms with Crippen molar-refractivity contribution in [3.63, 3.8) is 0 Å². The molecule has 4 amide bonds. The number of nitrogens with two attached hydrogens (primary N) is 1. The molecule has 1 saturated heterocycles. The van der Waals surface area contributed by atoms with Crippen LogP contribution in [0.25, 0.3) is 0 Å². The highest BCUT2D eigenvalue weighted by molar-refractivity contribution is 6.00. The Bertz CT molecular complexity index is 1390. The van der Waals surface area contributed by atoms with E-state index < -0.39 is 12.1 Å². The molecular weight excluding hydrogens is 524 g/mol. The lowest BCUT2D eigenvalue weighted by atomic mass is 9.83. The van der Waals surface area contributed by atoms with E-state index in [4.69, 9.17) is 5.73 Å². The van der Waals surface area contributed by atoms with Gasteiger partial charge in [-0.25, -0.2) is 4.79 Å². The number of nitrogens with zero attached hydrogens (tertiary/aromatic N) is 2. The molecule has 0 radical (unpaired) electrons. The number of urea groups is 1. The molecule has 7 heteroatoms. The number of benzene rings is 3. The minimum atomic E-state index is -0.874. The van der Waals surface area contributed by atoms with Crippen molar-refractivity contribution in [1.29, 1.82) is 0 Å². The van der Waals surface area contributed by atoms with Crippen molar-refractivity contribution in [3.8, 4) is 0 Å². The number of hydrogen-bond acceptors (Lipinski definition) is 3. The minimum absolute atomic E-state index is 0.0547. The number of aryl methyl sites for hydroxylation is 1. The highest BCUT2D eigenvalue weighted by Gasteiger charge is 2.43. The van der Waals surface area contributed by atoms with Crippen LogP contribution in [0.15, 0.2) is 84.9 Å². The average molecular weight is 567 g/mol. The lowest BCUT2D eigenvalue weighted by molar-refractivity contribution is -0.139. The lowest BCUT2D eigenvalue weighted by Crippen LogP contribution is -2.56. The fourth-order valence-electron chi connectivity index (χ4n) is 6.83. The Morgan fingerprint density at radius 2 is 1.55 bits per heavy atom. The van der Waals surface area contributed by atoms with E-state index in [1.807, 2.05) is 79.7 Å². The van der Waals surface area contributed by atoms with Crippen molar-refractivity contribution in [2.24, 2.45) is 5.73 Å². The van der Waals surface area contributed by atoms with E-state index in [1.165, 1.54) is 11.3 Å². The van der Waals surface area contributed by atoms with Gasteiger partial charge in [-0.15, -0.1) is 0 Å². The molecule has 2 aliphatic rings. The number of primary amides is 1. The van der Waals surface area contributed by atoms with Gasteiger partial charge in [0, 0.05) is 11.2 Å². The summed E-state index contributed by atoms with van der Waals surface area (Å²) >= 11 is 0. The van der Waals surface area contributed by atoms with Crippen LogP contribution in [0.1, 0.15) is 80.5 Å². The third kappa shape index (κ3) is 6.67. The zero-order chi connectivity index (χ0) is 29.7. The monoisotopic (exact) mass is 566 g/mol. The summed E-state index contributed by atoms with van der Waals surface area (Å²) < 4.78 is 0. The normalized spacial score (nSPS) is 22.2. The lowest BCUT2D eigenvalue weighted by Gasteiger charge is -2.38. The molecule has 5 rings (SSSR count). The minimum Gasteiger partial charge on any atom is -0.351 e. The van der Waals surface area contributed by atoms with Crippen LogP contribution in [0.5, 0.6) is 0 Å². The zero-order valence-electron chi connectivity index (χ0n) is 24.7. The molecule has 42 heavy (non-hydrogen) atoms. The topological polar surface area (TPSA) is 95.7 Å². The number of hydrogen-bond donors (Lipinski definition) is 2. The first-order valence-electron chi connectivity index (χ1n) is 15.1. The number of nitrogens with one attached hydrogen (secondary N) is 1. The molecule has 3 N–H and O–H groups in total. The summed E-state index contributed by atoms with van der Waals surface area (Å²) in [6.45, 7) is 3.95. The van der Waals surface area contributed by atoms with Gasteiger partial charge in [-0.3, -0.25) is 14.5 Å². The second-order valence-electron chi connectivity index (χ2n) is 12.2. The number of likely N-dealkylation sites (tertiary alicyclic amines) is 1. The Balaban J connectivity index is 1.58. The van der Waals surface area contributed by atoms with Crippen LogP contribution in [-0.2, 0) is 9.59 Å². The van der Waals surface area contributed by atoms with E-state index in [-0.39, 0.29) is 35.9 Å². The Morgan fingerprint density at radius 3 is 2.17 bits per heavy atom. The second-order valence-corrected chi connectivity index (χ2v) is 12.2. The zero-order valence-corrected chi connectivity index (χ0v) is 24.7. The summed E-state index contributed by atoms with van der Waals surface area (Å²) in [5, 5.41) is 3.27. The standard InChI is InChI=1S/C35H42N4O3/c1-25-13-12-18-29(21-25)39(34(36)42)31-23-28(26-14-6-3-7-15-26)22-30(27-16-8-4-9-17-27)38(33(31)41)24-32(40)37-35(2)19-10-5-11-20-35/h3-4,6-9,12-18,21,28,30-31H,5,10-11,19-20,22-24H2,1-2H3,(H2,36,42)(H,37,40). The van der Waals surface area contributed by atoms with Gasteiger partial charge in [-0.1, -0.05) is 92.1 Å². The van der Waals surface area contributed by atoms with Crippen LogP contribution < -0.4 is 16.0 Å². The fraction of sp³-hybridized carbons (Fsp3) is 0.400. The van der Waals surface area contributed by atoms with Gasteiger partial charge < -0.3 is 16.0 Å². The summed E-state index contributed by atoms with van der Waals surface area (Å²) in [7, 11) is 0.